The fourth-order valence-corrected chi connectivity index (χ4v) is 8.56. The van der Waals surface area contributed by atoms with Gasteiger partial charge in [0.2, 0.25) is 10.0 Å². The molecule has 5 atom stereocenters. The minimum absolute atomic E-state index is 0.224. The van der Waals surface area contributed by atoms with E-state index >= 15 is 0 Å². The second kappa shape index (κ2) is 10.8. The van der Waals surface area contributed by atoms with Gasteiger partial charge in [-0.1, -0.05) is 30.5 Å². The molecule has 2 aliphatic carbocycles. The number of anilines is 1. The molecule has 1 fully saturated rings. The van der Waals surface area contributed by atoms with Crippen LogP contribution in [0.4, 0.5) is 5.69 Å². The molecule has 2 N–H and O–H groups in total. The second-order valence-electron chi connectivity index (χ2n) is 12.4. The summed E-state index contributed by atoms with van der Waals surface area (Å²) in [5.41, 5.74) is 3.40. The number of nitrogens with zero attached hydrogens (tertiary/aromatic N) is 1. The lowest BCUT2D eigenvalue weighted by molar-refractivity contribution is 0.00904. The van der Waals surface area contributed by atoms with E-state index in [1.54, 1.807) is 25.1 Å². The van der Waals surface area contributed by atoms with E-state index in [9.17, 15) is 18.3 Å². The Morgan fingerprint density at radius 3 is 2.70 bits per heavy atom. The van der Waals surface area contributed by atoms with Crippen molar-refractivity contribution in [2.24, 2.45) is 11.8 Å². The van der Waals surface area contributed by atoms with Gasteiger partial charge in [0.25, 0.3) is 5.91 Å². The highest BCUT2D eigenvalue weighted by atomic mass is 35.5. The molecule has 0 unspecified atom stereocenters. The van der Waals surface area contributed by atoms with Crippen LogP contribution < -0.4 is 14.4 Å². The molecule has 7 nitrogen and oxygen atoms in total. The summed E-state index contributed by atoms with van der Waals surface area (Å²) < 4.78 is 34.7. The number of fused-ring (bicyclic) bond motifs is 4. The van der Waals surface area contributed by atoms with E-state index in [-0.39, 0.29) is 17.4 Å². The number of hydrogen-bond acceptors (Lipinski definition) is 6. The first-order chi connectivity index (χ1) is 19.1. The SMILES string of the molecule is C[C@H]1CCCC[C@@H](O)[C@@H]2CC[C@H]2CN2C[C@@]3(CCCc4cc(Cl)ccc43)COc3ccc(cc32)C(=O)NS1(=O)=O. The molecule has 40 heavy (non-hydrogen) atoms. The number of rotatable bonds is 0. The Morgan fingerprint density at radius 2 is 1.90 bits per heavy atom. The Kier molecular flexibility index (Phi) is 7.55. The van der Waals surface area contributed by atoms with Gasteiger partial charge in [-0.15, -0.1) is 0 Å². The van der Waals surface area contributed by atoms with Crippen molar-refractivity contribution >= 4 is 33.2 Å². The van der Waals surface area contributed by atoms with Crippen molar-refractivity contribution in [2.45, 2.75) is 81.5 Å². The summed E-state index contributed by atoms with van der Waals surface area (Å²) in [6, 6.07) is 11.4. The standard InChI is InChI=1S/C31H39ClN2O5S/c1-20-5-2-3-7-28(35)25-11-8-23(25)17-34-18-31(14-4-6-21-15-24(32)10-12-26(21)31)19-39-29-13-9-22(16-27(29)34)30(36)33-40(20,37)38/h9-10,12-13,15-16,20,23,25,28,35H,2-8,11,14,17-19H2,1H3,(H,33,36)/t20-,23-,25+,28+,31-/m0/s1. The molecule has 2 aromatic carbocycles. The number of nitrogens with one attached hydrogen (secondary N) is 1. The molecule has 9 heteroatoms. The highest BCUT2D eigenvalue weighted by molar-refractivity contribution is 7.90. The third-order valence-corrected chi connectivity index (χ3v) is 11.9. The van der Waals surface area contributed by atoms with E-state index in [0.717, 1.165) is 55.8 Å². The van der Waals surface area contributed by atoms with E-state index in [4.69, 9.17) is 16.3 Å². The number of ether oxygens (including phenoxy) is 1. The van der Waals surface area contributed by atoms with Crippen LogP contribution in [-0.4, -0.2) is 50.5 Å². The number of aliphatic hydroxyl groups excluding tert-OH is 1. The number of benzene rings is 2. The summed E-state index contributed by atoms with van der Waals surface area (Å²) in [5.74, 6) is 0.649. The molecule has 2 bridgehead atoms. The molecular weight excluding hydrogens is 548 g/mol. The predicted molar refractivity (Wildman–Crippen MR) is 157 cm³/mol. The summed E-state index contributed by atoms with van der Waals surface area (Å²) in [6.45, 7) is 3.62. The minimum atomic E-state index is -3.83. The summed E-state index contributed by atoms with van der Waals surface area (Å²) in [5, 5.41) is 11.1. The molecule has 4 aliphatic rings. The Balaban J connectivity index is 1.41. The van der Waals surface area contributed by atoms with Crippen LogP contribution >= 0.6 is 11.6 Å². The molecule has 2 aliphatic heterocycles. The number of sulfonamides is 1. The molecule has 6 rings (SSSR count). The van der Waals surface area contributed by atoms with E-state index < -0.39 is 21.2 Å². The van der Waals surface area contributed by atoms with Gasteiger partial charge in [-0.25, -0.2) is 13.1 Å². The highest BCUT2D eigenvalue weighted by Gasteiger charge is 2.44. The number of hydrogen-bond donors (Lipinski definition) is 2. The first kappa shape index (κ1) is 27.9. The van der Waals surface area contributed by atoms with Gasteiger partial charge in [0.15, 0.2) is 0 Å². The molecule has 2 aromatic rings. The normalized spacial score (nSPS) is 32.1. The predicted octanol–water partition coefficient (Wildman–Crippen LogP) is 5.22. The number of carbonyl (C=O) groups excluding carboxylic acids is 1. The van der Waals surface area contributed by atoms with Gasteiger partial charge in [0.1, 0.15) is 5.75 Å². The maximum absolute atomic E-state index is 13.2. The molecule has 0 radical (unpaired) electrons. The number of amides is 1. The van der Waals surface area contributed by atoms with Crippen molar-refractivity contribution in [3.05, 3.63) is 58.1 Å². The van der Waals surface area contributed by atoms with Gasteiger partial charge in [-0.05, 0) is 105 Å². The van der Waals surface area contributed by atoms with Gasteiger partial charge in [0.05, 0.1) is 23.6 Å². The van der Waals surface area contributed by atoms with Crippen LogP contribution in [0.25, 0.3) is 0 Å². The van der Waals surface area contributed by atoms with Gasteiger partial charge in [-0.2, -0.15) is 0 Å². The Hall–Kier alpha value is -2.29. The van der Waals surface area contributed by atoms with Gasteiger partial charge in [-0.3, -0.25) is 4.79 Å². The summed E-state index contributed by atoms with van der Waals surface area (Å²) in [7, 11) is -3.83. The Labute approximate surface area is 242 Å². The maximum atomic E-state index is 13.2. The average Bonchev–Trinajstić information content (AvgIpc) is 3.05. The van der Waals surface area contributed by atoms with E-state index in [2.05, 4.69) is 21.8 Å². The molecule has 1 saturated carbocycles. The monoisotopic (exact) mass is 586 g/mol. The van der Waals surface area contributed by atoms with Crippen LogP contribution in [0, 0.1) is 11.8 Å². The highest BCUT2D eigenvalue weighted by Crippen LogP contribution is 2.47. The van der Waals surface area contributed by atoms with Crippen molar-refractivity contribution in [3.63, 3.8) is 0 Å². The quantitative estimate of drug-likeness (QED) is 0.439. The molecule has 2 heterocycles. The van der Waals surface area contributed by atoms with Gasteiger partial charge >= 0.3 is 0 Å². The molecule has 1 amide bonds. The largest absolute Gasteiger partial charge is 0.490 e. The molecule has 0 saturated heterocycles. The van der Waals surface area contributed by atoms with Crippen LogP contribution in [-0.2, 0) is 21.9 Å². The van der Waals surface area contributed by atoms with Crippen molar-refractivity contribution < 1.29 is 23.1 Å². The number of carbonyl (C=O) groups is 1. The minimum Gasteiger partial charge on any atom is -0.490 e. The third-order valence-electron chi connectivity index (χ3n) is 9.85. The van der Waals surface area contributed by atoms with Crippen molar-refractivity contribution in [1.82, 2.24) is 4.72 Å². The lowest BCUT2D eigenvalue weighted by atomic mass is 9.68. The molecule has 1 spiro atoms. The van der Waals surface area contributed by atoms with Crippen LogP contribution in [0.1, 0.15) is 79.8 Å². The number of aryl methyl sites for hydroxylation is 1. The average molecular weight is 587 g/mol. The lowest BCUT2D eigenvalue weighted by Crippen LogP contribution is -2.49. The smallest absolute Gasteiger partial charge is 0.264 e. The molecule has 0 aromatic heterocycles. The number of halogens is 1. The van der Waals surface area contributed by atoms with Crippen LogP contribution in [0.2, 0.25) is 5.02 Å². The summed E-state index contributed by atoms with van der Waals surface area (Å²) in [6.07, 6.45) is 7.25. The molecular formula is C31H39ClN2O5S. The zero-order valence-electron chi connectivity index (χ0n) is 23.1. The van der Waals surface area contributed by atoms with E-state index in [0.29, 0.717) is 49.6 Å². The van der Waals surface area contributed by atoms with Gasteiger partial charge in [0, 0.05) is 29.1 Å². The van der Waals surface area contributed by atoms with Crippen molar-refractivity contribution in [1.29, 1.82) is 0 Å². The van der Waals surface area contributed by atoms with E-state index in [1.807, 2.05) is 6.07 Å². The first-order valence-electron chi connectivity index (χ1n) is 14.7. The van der Waals surface area contributed by atoms with Gasteiger partial charge < -0.3 is 14.7 Å². The topological polar surface area (TPSA) is 95.9 Å². The maximum Gasteiger partial charge on any atom is 0.264 e. The second-order valence-corrected chi connectivity index (χ2v) is 15.0. The summed E-state index contributed by atoms with van der Waals surface area (Å²) >= 11 is 6.37. The zero-order chi connectivity index (χ0) is 28.1. The number of aliphatic hydroxyl groups is 1. The first-order valence-corrected chi connectivity index (χ1v) is 16.6. The third kappa shape index (κ3) is 5.23. The summed E-state index contributed by atoms with van der Waals surface area (Å²) in [4.78, 5) is 15.6. The van der Waals surface area contributed by atoms with Crippen LogP contribution in [0.3, 0.4) is 0 Å². The Morgan fingerprint density at radius 1 is 1.07 bits per heavy atom. The van der Waals surface area contributed by atoms with E-state index in [1.165, 1.54) is 11.1 Å². The van der Waals surface area contributed by atoms with Crippen molar-refractivity contribution in [2.75, 3.05) is 24.6 Å². The van der Waals surface area contributed by atoms with Crippen LogP contribution in [0.15, 0.2) is 36.4 Å². The molecule has 216 valence electrons. The van der Waals surface area contributed by atoms with Crippen LogP contribution in [0.5, 0.6) is 5.75 Å². The fourth-order valence-electron chi connectivity index (χ4n) is 7.31. The van der Waals surface area contributed by atoms with Crippen molar-refractivity contribution in [3.8, 4) is 5.75 Å². The lowest BCUT2D eigenvalue weighted by Gasteiger charge is -2.45. The fraction of sp³-hybridized carbons (Fsp3) is 0.581. The Bertz CT molecular complexity index is 1400. The zero-order valence-corrected chi connectivity index (χ0v) is 24.6.